The molecule has 1 saturated carbocycles. The number of aromatic nitrogens is 1. The second kappa shape index (κ2) is 13.8. The summed E-state index contributed by atoms with van der Waals surface area (Å²) in [5.41, 5.74) is -3.91. The molecule has 2 aliphatic rings. The topological polar surface area (TPSA) is 118 Å². The number of fused-ring (bicyclic) bond motifs is 1. The number of hydrogen-bond donors (Lipinski definition) is 2. The molecule has 1 saturated heterocycles. The van der Waals surface area contributed by atoms with Gasteiger partial charge in [-0.3, -0.25) is 9.78 Å². The molecule has 3 aromatic rings. The first-order valence-corrected chi connectivity index (χ1v) is 17.4. The Balaban J connectivity index is 1.51. The summed E-state index contributed by atoms with van der Waals surface area (Å²) in [6.45, 7) is 4.48. The van der Waals surface area contributed by atoms with E-state index in [4.69, 9.17) is 4.74 Å². The van der Waals surface area contributed by atoms with Gasteiger partial charge >= 0.3 is 18.3 Å². The molecule has 1 aliphatic carbocycles. The molecule has 2 heterocycles. The summed E-state index contributed by atoms with van der Waals surface area (Å²) < 4.78 is 113. The van der Waals surface area contributed by atoms with E-state index >= 15 is 0 Å². The van der Waals surface area contributed by atoms with Gasteiger partial charge < -0.3 is 20.3 Å². The fourth-order valence-electron chi connectivity index (χ4n) is 6.57. The molecule has 16 heteroatoms. The van der Waals surface area contributed by atoms with Crippen LogP contribution in [0.25, 0.3) is 10.9 Å². The number of carbonyl (C=O) groups excluding carboxylic acids is 2. The molecule has 0 unspecified atom stereocenters. The van der Waals surface area contributed by atoms with Gasteiger partial charge in [-0.2, -0.15) is 26.3 Å². The number of rotatable bonds is 10. The monoisotopic (exact) mass is 714 g/mol. The van der Waals surface area contributed by atoms with Crippen LogP contribution in [0.15, 0.2) is 65.7 Å². The molecule has 9 nitrogen and oxygen atoms in total. The van der Waals surface area contributed by atoms with Gasteiger partial charge in [0, 0.05) is 42.3 Å². The third-order valence-corrected chi connectivity index (χ3v) is 10.8. The van der Waals surface area contributed by atoms with Gasteiger partial charge in [0.2, 0.25) is 0 Å². The number of likely N-dealkylation sites (tertiary alicyclic amines) is 1. The van der Waals surface area contributed by atoms with Crippen molar-refractivity contribution in [3.8, 4) is 0 Å². The third-order valence-electron chi connectivity index (χ3n) is 8.91. The number of alkyl halides is 6. The number of nitrogens with zero attached hydrogens (tertiary/aromatic N) is 2. The molecule has 2 fully saturated rings. The molecule has 1 amide bonds. The van der Waals surface area contributed by atoms with Crippen molar-refractivity contribution in [1.29, 1.82) is 0 Å². The lowest BCUT2D eigenvalue weighted by molar-refractivity contribution is -0.211. The van der Waals surface area contributed by atoms with E-state index in [0.29, 0.717) is 31.7 Å². The number of amides is 1. The third kappa shape index (κ3) is 8.11. The van der Waals surface area contributed by atoms with Crippen LogP contribution in [0.3, 0.4) is 0 Å². The quantitative estimate of drug-likeness (QED) is 0.150. The van der Waals surface area contributed by atoms with E-state index in [9.17, 15) is 44.3 Å². The normalized spacial score (nSPS) is 23.7. The van der Waals surface area contributed by atoms with Crippen molar-refractivity contribution in [1.82, 2.24) is 15.2 Å². The van der Waals surface area contributed by atoms with Crippen molar-refractivity contribution >= 4 is 38.3 Å². The van der Waals surface area contributed by atoms with Crippen LogP contribution in [0.1, 0.15) is 45.1 Å². The summed E-state index contributed by atoms with van der Waals surface area (Å²) in [7, 11) is -3.87. The lowest BCUT2D eigenvalue weighted by Gasteiger charge is -2.42. The molecular weight excluding hydrogens is 678 g/mol. The molecule has 2 N–H and O–H groups in total. The second-order valence-electron chi connectivity index (χ2n) is 12.9. The predicted octanol–water partition coefficient (Wildman–Crippen LogP) is 5.96. The van der Waals surface area contributed by atoms with Crippen LogP contribution in [0.4, 0.5) is 32.0 Å². The lowest BCUT2D eigenvalue weighted by Crippen LogP contribution is -2.56. The molecule has 266 valence electrons. The molecule has 1 aromatic heterocycles. The van der Waals surface area contributed by atoms with Crippen molar-refractivity contribution in [3.63, 3.8) is 0 Å². The molecule has 5 rings (SSSR count). The van der Waals surface area contributed by atoms with Gasteiger partial charge in [0.05, 0.1) is 21.7 Å². The first-order valence-electron chi connectivity index (χ1n) is 15.8. The van der Waals surface area contributed by atoms with Gasteiger partial charge in [0.1, 0.15) is 0 Å². The van der Waals surface area contributed by atoms with E-state index in [1.807, 2.05) is 13.8 Å². The van der Waals surface area contributed by atoms with Crippen LogP contribution < -0.4 is 10.6 Å². The number of anilines is 1. The average molecular weight is 715 g/mol. The molecule has 0 radical (unpaired) electrons. The Morgan fingerprint density at radius 1 is 1.06 bits per heavy atom. The van der Waals surface area contributed by atoms with E-state index in [1.165, 1.54) is 29.3 Å². The maximum absolute atomic E-state index is 14.3. The predicted molar refractivity (Wildman–Crippen MR) is 168 cm³/mol. The molecule has 0 spiro atoms. The highest BCUT2D eigenvalue weighted by atomic mass is 32.2. The number of pyridine rings is 1. The van der Waals surface area contributed by atoms with E-state index in [1.54, 1.807) is 18.2 Å². The Kier molecular flexibility index (Phi) is 10.2. The van der Waals surface area contributed by atoms with E-state index in [-0.39, 0.29) is 39.8 Å². The Morgan fingerprint density at radius 3 is 2.43 bits per heavy atom. The van der Waals surface area contributed by atoms with Gasteiger partial charge in [0.15, 0.2) is 9.84 Å². The van der Waals surface area contributed by atoms with Crippen LogP contribution in [-0.4, -0.2) is 73.0 Å². The van der Waals surface area contributed by atoms with Crippen LogP contribution in [0.5, 0.6) is 0 Å². The molecular formula is C33H36F6N4O5S. The van der Waals surface area contributed by atoms with Crippen molar-refractivity contribution in [2.75, 3.05) is 24.2 Å². The fourth-order valence-corrected chi connectivity index (χ4v) is 8.25. The molecule has 2 aromatic carbocycles. The standard InChI is InChI=1S/C33H36F6N4O5S/c1-20(2)18-41-23-9-11-28(21(16-23)19-49(46,47)24-6-4-3-5-7-24)43-15-13-31(29(43)44,48-30(45)33(37,38)39)42-27-12-14-40-26-10-8-22(17-25(26)27)32(34,35)36/h3-8,10,12,14,17,20-21,23,28,41H,9,11,13,15-16,18-19H2,1-2H3,(H,40,42)/t21-,23+,28-,31-/m0/s1. The Labute approximate surface area is 279 Å². The SMILES string of the molecule is CC(C)CN[C@@H]1CC[C@H](N2CC[C@](Nc3ccnc4ccc(C(F)(F)F)cc34)(OC(=O)C(F)(F)F)C2=O)[C@H](CS(=O)(=O)c2ccccc2)C1. The maximum Gasteiger partial charge on any atom is 0.491 e. The molecule has 1 aliphatic heterocycles. The largest absolute Gasteiger partial charge is 0.491 e. The Bertz CT molecular complexity index is 1790. The van der Waals surface area contributed by atoms with E-state index in [0.717, 1.165) is 18.2 Å². The van der Waals surface area contributed by atoms with Crippen LogP contribution in [0, 0.1) is 11.8 Å². The van der Waals surface area contributed by atoms with Crippen molar-refractivity contribution in [2.45, 2.75) is 74.6 Å². The minimum Gasteiger partial charge on any atom is -0.423 e. The summed E-state index contributed by atoms with van der Waals surface area (Å²) in [6, 6.07) is 10.7. The van der Waals surface area contributed by atoms with Crippen LogP contribution >= 0.6 is 0 Å². The summed E-state index contributed by atoms with van der Waals surface area (Å²) in [4.78, 5) is 31.9. The van der Waals surface area contributed by atoms with Gasteiger partial charge in [-0.1, -0.05) is 32.0 Å². The highest BCUT2D eigenvalue weighted by Crippen LogP contribution is 2.40. The molecule has 4 atom stereocenters. The molecule has 49 heavy (non-hydrogen) atoms. The maximum atomic E-state index is 14.3. The van der Waals surface area contributed by atoms with Gasteiger partial charge in [-0.15, -0.1) is 0 Å². The van der Waals surface area contributed by atoms with Crippen LogP contribution in [-0.2, 0) is 30.3 Å². The smallest absolute Gasteiger partial charge is 0.423 e. The summed E-state index contributed by atoms with van der Waals surface area (Å²) >= 11 is 0. The van der Waals surface area contributed by atoms with E-state index in [2.05, 4.69) is 15.6 Å². The molecule has 0 bridgehead atoms. The number of sulfone groups is 1. The number of esters is 1. The first kappa shape index (κ1) is 36.4. The fraction of sp³-hybridized carbons (Fsp3) is 0.485. The van der Waals surface area contributed by atoms with Crippen molar-refractivity contribution in [2.24, 2.45) is 11.8 Å². The number of halogens is 6. The van der Waals surface area contributed by atoms with Crippen molar-refractivity contribution < 1.29 is 49.1 Å². The highest BCUT2D eigenvalue weighted by molar-refractivity contribution is 7.91. The zero-order chi connectivity index (χ0) is 35.8. The lowest BCUT2D eigenvalue weighted by atomic mass is 9.81. The average Bonchev–Trinajstić information content (AvgIpc) is 3.34. The van der Waals surface area contributed by atoms with Crippen LogP contribution in [0.2, 0.25) is 0 Å². The number of carbonyl (C=O) groups is 2. The van der Waals surface area contributed by atoms with Gasteiger partial charge in [-0.25, -0.2) is 13.2 Å². The summed E-state index contributed by atoms with van der Waals surface area (Å²) in [5.74, 6) is -4.45. The van der Waals surface area contributed by atoms with Gasteiger partial charge in [0.25, 0.3) is 11.6 Å². The first-order chi connectivity index (χ1) is 22.9. The summed E-state index contributed by atoms with van der Waals surface area (Å²) in [6.07, 6.45) is -8.41. The number of ether oxygens (including phenoxy) is 1. The summed E-state index contributed by atoms with van der Waals surface area (Å²) in [5, 5.41) is 5.82. The minimum absolute atomic E-state index is 0.0380. The second-order valence-corrected chi connectivity index (χ2v) is 14.9. The zero-order valence-electron chi connectivity index (χ0n) is 26.6. The Morgan fingerprint density at radius 2 is 1.78 bits per heavy atom. The zero-order valence-corrected chi connectivity index (χ0v) is 27.5. The van der Waals surface area contributed by atoms with Gasteiger partial charge in [-0.05, 0) is 74.0 Å². The number of hydrogen-bond acceptors (Lipinski definition) is 8. The number of benzene rings is 2. The Hall–Kier alpha value is -3.92. The number of nitrogens with one attached hydrogen (secondary N) is 2. The minimum atomic E-state index is -5.50. The van der Waals surface area contributed by atoms with E-state index < -0.39 is 63.7 Å². The van der Waals surface area contributed by atoms with Crippen molar-refractivity contribution in [3.05, 3.63) is 66.4 Å². The highest BCUT2D eigenvalue weighted by Gasteiger charge is 2.57.